The van der Waals surface area contributed by atoms with E-state index in [1.165, 1.54) is 31.7 Å². The summed E-state index contributed by atoms with van der Waals surface area (Å²) in [6.45, 7) is 3.09. The highest BCUT2D eigenvalue weighted by Crippen LogP contribution is 2.25. The lowest BCUT2D eigenvalue weighted by Gasteiger charge is -2.05. The average molecular weight is 337 g/mol. The molecule has 0 saturated heterocycles. The molecule has 25 heavy (non-hydrogen) atoms. The minimum Gasteiger partial charge on any atom is -0.347 e. The standard InChI is InChI=1S/C22H24FNO/c1-2-3-4-5-10-15-24-16-19(17-11-7-9-14-21(17)24)22(25)18-12-6-8-13-20(18)23/h6-9,11-14,16H,2-5,10,15H2,1H3. The number of fused-ring (bicyclic) bond motifs is 1. The predicted molar refractivity (Wildman–Crippen MR) is 101 cm³/mol. The Labute approximate surface area is 148 Å². The molecule has 1 heterocycles. The molecule has 2 aromatic carbocycles. The van der Waals surface area contributed by atoms with Gasteiger partial charge in [-0.1, -0.05) is 62.9 Å². The van der Waals surface area contributed by atoms with Crippen LogP contribution in [0.5, 0.6) is 0 Å². The molecule has 0 aliphatic rings. The fourth-order valence-corrected chi connectivity index (χ4v) is 3.29. The maximum absolute atomic E-state index is 14.0. The maximum atomic E-state index is 14.0. The van der Waals surface area contributed by atoms with Gasteiger partial charge < -0.3 is 4.57 Å². The van der Waals surface area contributed by atoms with Crippen molar-refractivity contribution in [1.82, 2.24) is 4.57 Å². The first kappa shape index (κ1) is 17.4. The summed E-state index contributed by atoms with van der Waals surface area (Å²) < 4.78 is 16.2. The number of unbranched alkanes of at least 4 members (excludes halogenated alkanes) is 4. The van der Waals surface area contributed by atoms with Crippen molar-refractivity contribution in [3.05, 3.63) is 71.7 Å². The Morgan fingerprint density at radius 1 is 0.920 bits per heavy atom. The number of carbonyl (C=O) groups is 1. The van der Waals surface area contributed by atoms with E-state index in [0.29, 0.717) is 5.56 Å². The van der Waals surface area contributed by atoms with Gasteiger partial charge in [-0.15, -0.1) is 0 Å². The lowest BCUT2D eigenvalue weighted by molar-refractivity contribution is 0.103. The van der Waals surface area contributed by atoms with Gasteiger partial charge in [0.1, 0.15) is 5.82 Å². The molecule has 0 fully saturated rings. The van der Waals surface area contributed by atoms with Crippen LogP contribution in [0.4, 0.5) is 4.39 Å². The van der Waals surface area contributed by atoms with E-state index in [1.54, 1.807) is 18.2 Å². The number of ketones is 1. The summed E-state index contributed by atoms with van der Waals surface area (Å²) in [6, 6.07) is 14.1. The number of benzene rings is 2. The molecule has 1 aromatic heterocycles. The van der Waals surface area contributed by atoms with Gasteiger partial charge in [-0.05, 0) is 24.6 Å². The number of hydrogen-bond donors (Lipinski definition) is 0. The van der Waals surface area contributed by atoms with Crippen LogP contribution in [0.2, 0.25) is 0 Å². The van der Waals surface area contributed by atoms with Crippen LogP contribution in [0.3, 0.4) is 0 Å². The number of rotatable bonds is 8. The second-order valence-corrected chi connectivity index (χ2v) is 6.48. The minimum absolute atomic E-state index is 0.133. The fraction of sp³-hybridized carbons (Fsp3) is 0.318. The Balaban J connectivity index is 1.89. The van der Waals surface area contributed by atoms with Gasteiger partial charge in [0.05, 0.1) is 5.56 Å². The molecule has 0 aliphatic heterocycles. The molecule has 3 aromatic rings. The number of halogens is 1. The van der Waals surface area contributed by atoms with Crippen LogP contribution in [0.25, 0.3) is 10.9 Å². The molecule has 0 radical (unpaired) electrons. The Hall–Kier alpha value is -2.42. The summed E-state index contributed by atoms with van der Waals surface area (Å²) in [5, 5.41) is 0.893. The SMILES string of the molecule is CCCCCCCn1cc(C(=O)c2ccccc2F)c2ccccc21. The maximum Gasteiger partial charge on any atom is 0.198 e. The van der Waals surface area contributed by atoms with Crippen molar-refractivity contribution < 1.29 is 9.18 Å². The van der Waals surface area contributed by atoms with E-state index < -0.39 is 5.82 Å². The Kier molecular flexibility index (Phi) is 5.64. The number of carbonyl (C=O) groups excluding carboxylic acids is 1. The molecule has 0 unspecified atom stereocenters. The molecule has 0 spiro atoms. The second-order valence-electron chi connectivity index (χ2n) is 6.48. The van der Waals surface area contributed by atoms with Crippen molar-refractivity contribution in [2.75, 3.05) is 0 Å². The summed E-state index contributed by atoms with van der Waals surface area (Å²) in [6.07, 6.45) is 7.91. The topological polar surface area (TPSA) is 22.0 Å². The van der Waals surface area contributed by atoms with Crippen LogP contribution in [0.15, 0.2) is 54.7 Å². The van der Waals surface area contributed by atoms with Gasteiger partial charge in [-0.2, -0.15) is 0 Å². The van der Waals surface area contributed by atoms with Crippen LogP contribution >= 0.6 is 0 Å². The van der Waals surface area contributed by atoms with E-state index in [4.69, 9.17) is 0 Å². The number of aryl methyl sites for hydroxylation is 1. The quantitative estimate of drug-likeness (QED) is 0.366. The zero-order valence-corrected chi connectivity index (χ0v) is 14.7. The van der Waals surface area contributed by atoms with Gasteiger partial charge in [0.15, 0.2) is 5.78 Å². The van der Waals surface area contributed by atoms with Gasteiger partial charge in [0.25, 0.3) is 0 Å². The second kappa shape index (κ2) is 8.11. The smallest absolute Gasteiger partial charge is 0.198 e. The lowest BCUT2D eigenvalue weighted by Crippen LogP contribution is -2.03. The van der Waals surface area contributed by atoms with E-state index in [0.717, 1.165) is 23.9 Å². The van der Waals surface area contributed by atoms with Crippen LogP contribution in [0.1, 0.15) is 54.9 Å². The zero-order valence-electron chi connectivity index (χ0n) is 14.7. The molecule has 0 N–H and O–H groups in total. The minimum atomic E-state index is -0.469. The van der Waals surface area contributed by atoms with Crippen LogP contribution in [0, 0.1) is 5.82 Å². The molecule has 0 amide bonds. The highest BCUT2D eigenvalue weighted by atomic mass is 19.1. The first-order chi connectivity index (χ1) is 12.2. The van der Waals surface area contributed by atoms with Crippen molar-refractivity contribution in [3.8, 4) is 0 Å². The third-order valence-corrected chi connectivity index (χ3v) is 4.65. The molecule has 2 nitrogen and oxygen atoms in total. The molecule has 3 heteroatoms. The first-order valence-corrected chi connectivity index (χ1v) is 9.09. The summed E-state index contributed by atoms with van der Waals surface area (Å²) in [4.78, 5) is 12.9. The fourth-order valence-electron chi connectivity index (χ4n) is 3.29. The summed E-state index contributed by atoms with van der Waals surface area (Å²) in [7, 11) is 0. The number of para-hydroxylation sites is 1. The molecule has 0 aliphatic carbocycles. The van der Waals surface area contributed by atoms with Crippen molar-refractivity contribution in [2.45, 2.75) is 45.6 Å². The Morgan fingerprint density at radius 3 is 2.44 bits per heavy atom. The first-order valence-electron chi connectivity index (χ1n) is 9.09. The summed E-state index contributed by atoms with van der Waals surface area (Å²) >= 11 is 0. The van der Waals surface area contributed by atoms with Gasteiger partial charge >= 0.3 is 0 Å². The third kappa shape index (κ3) is 3.81. The van der Waals surface area contributed by atoms with Gasteiger partial charge in [-0.3, -0.25) is 4.79 Å². The van der Waals surface area contributed by atoms with Gasteiger partial charge in [-0.25, -0.2) is 4.39 Å². The highest BCUT2D eigenvalue weighted by Gasteiger charge is 2.18. The molecule has 0 bridgehead atoms. The molecule has 3 rings (SSSR count). The lowest BCUT2D eigenvalue weighted by atomic mass is 10.0. The molecule has 0 atom stereocenters. The summed E-state index contributed by atoms with van der Waals surface area (Å²) in [5.74, 6) is -0.720. The van der Waals surface area contributed by atoms with E-state index in [-0.39, 0.29) is 11.3 Å². The largest absolute Gasteiger partial charge is 0.347 e. The van der Waals surface area contributed by atoms with E-state index in [9.17, 15) is 9.18 Å². The van der Waals surface area contributed by atoms with Gasteiger partial charge in [0, 0.05) is 29.2 Å². The van der Waals surface area contributed by atoms with Crippen molar-refractivity contribution >= 4 is 16.7 Å². The monoisotopic (exact) mass is 337 g/mol. The van der Waals surface area contributed by atoms with E-state index in [2.05, 4.69) is 11.5 Å². The van der Waals surface area contributed by atoms with Crippen molar-refractivity contribution in [2.24, 2.45) is 0 Å². The van der Waals surface area contributed by atoms with Crippen LogP contribution in [-0.4, -0.2) is 10.4 Å². The van der Waals surface area contributed by atoms with Crippen LogP contribution < -0.4 is 0 Å². The molecule has 0 saturated carbocycles. The molecular formula is C22H24FNO. The average Bonchev–Trinajstić information content (AvgIpc) is 3.00. The number of hydrogen-bond acceptors (Lipinski definition) is 1. The molecular weight excluding hydrogens is 313 g/mol. The predicted octanol–water partition coefficient (Wildman–Crippen LogP) is 5.98. The van der Waals surface area contributed by atoms with Crippen molar-refractivity contribution in [3.63, 3.8) is 0 Å². The van der Waals surface area contributed by atoms with Gasteiger partial charge in [0.2, 0.25) is 0 Å². The normalized spacial score (nSPS) is 11.1. The van der Waals surface area contributed by atoms with E-state index in [1.807, 2.05) is 30.5 Å². The van der Waals surface area contributed by atoms with Crippen LogP contribution in [-0.2, 0) is 6.54 Å². The number of nitrogens with zero attached hydrogens (tertiary/aromatic N) is 1. The Bertz CT molecular complexity index is 865. The highest BCUT2D eigenvalue weighted by molar-refractivity contribution is 6.16. The summed E-state index contributed by atoms with van der Waals surface area (Å²) in [5.41, 5.74) is 1.75. The third-order valence-electron chi connectivity index (χ3n) is 4.65. The Morgan fingerprint density at radius 2 is 1.64 bits per heavy atom. The molecule has 130 valence electrons. The van der Waals surface area contributed by atoms with Crippen molar-refractivity contribution in [1.29, 1.82) is 0 Å². The number of aromatic nitrogens is 1. The zero-order chi connectivity index (χ0) is 17.6. The van der Waals surface area contributed by atoms with E-state index >= 15 is 0 Å².